The van der Waals surface area contributed by atoms with E-state index in [2.05, 4.69) is 179 Å². The predicted molar refractivity (Wildman–Crippen MR) is 194 cm³/mol. The highest BCUT2D eigenvalue weighted by atomic mass is 15.1. The minimum Gasteiger partial charge on any atom is -0.343 e. The van der Waals surface area contributed by atoms with Gasteiger partial charge in [0.05, 0.1) is 27.8 Å². The number of rotatable bonds is 2. The van der Waals surface area contributed by atoms with Crippen LogP contribution in [0.25, 0.3) is 77.2 Å². The third-order valence-corrected chi connectivity index (χ3v) is 9.83. The van der Waals surface area contributed by atoms with E-state index in [-0.39, 0.29) is 0 Å². The van der Waals surface area contributed by atoms with Crippen molar-refractivity contribution < 1.29 is 0 Å². The average molecular weight is 588 g/mol. The lowest BCUT2D eigenvalue weighted by Crippen LogP contribution is -2.11. The van der Waals surface area contributed by atoms with Crippen molar-refractivity contribution in [3.8, 4) is 33.6 Å². The Hall–Kier alpha value is -6.06. The average Bonchev–Trinajstić information content (AvgIpc) is 3.60. The Morgan fingerprint density at radius 3 is 1.61 bits per heavy atom. The van der Waals surface area contributed by atoms with E-state index in [0.29, 0.717) is 0 Å². The zero-order chi connectivity index (χ0) is 30.4. The smallest absolute Gasteiger partial charge is 0.0589 e. The van der Waals surface area contributed by atoms with Gasteiger partial charge in [0.15, 0.2) is 0 Å². The van der Waals surface area contributed by atoms with Gasteiger partial charge in [0, 0.05) is 56.8 Å². The first kappa shape index (κ1) is 25.3. The lowest BCUT2D eigenvalue weighted by molar-refractivity contribution is 1.17. The molecule has 0 bridgehead atoms. The minimum absolute atomic E-state index is 1.17. The number of hydrogen-bond donors (Lipinski definition) is 0. The molecule has 0 atom stereocenters. The summed E-state index contributed by atoms with van der Waals surface area (Å²) in [5.74, 6) is 0. The summed E-state index contributed by atoms with van der Waals surface area (Å²) in [4.78, 5) is 2.45. The van der Waals surface area contributed by atoms with Crippen LogP contribution in [-0.2, 0) is 0 Å². The Bertz CT molecular complexity index is 2640. The molecule has 2 aromatic heterocycles. The first-order valence-electron chi connectivity index (χ1n) is 15.9. The zero-order valence-electron chi connectivity index (χ0n) is 25.4. The van der Waals surface area contributed by atoms with Crippen LogP contribution < -0.4 is 4.90 Å². The van der Waals surface area contributed by atoms with E-state index < -0.39 is 0 Å². The topological polar surface area (TPSA) is 13.1 Å². The fourth-order valence-corrected chi connectivity index (χ4v) is 7.89. The molecular formula is C43H29N3. The van der Waals surface area contributed by atoms with Crippen LogP contribution in [0.2, 0.25) is 0 Å². The summed E-state index contributed by atoms with van der Waals surface area (Å²) < 4.78 is 4.82. The molecule has 3 nitrogen and oxygen atoms in total. The lowest BCUT2D eigenvalue weighted by atomic mass is 9.93. The second-order valence-corrected chi connectivity index (χ2v) is 12.2. The van der Waals surface area contributed by atoms with E-state index in [1.807, 2.05) is 0 Å². The molecule has 9 aromatic rings. The van der Waals surface area contributed by atoms with Crippen LogP contribution in [0.5, 0.6) is 0 Å². The molecule has 0 radical (unpaired) electrons. The molecule has 0 amide bonds. The molecule has 216 valence electrons. The van der Waals surface area contributed by atoms with E-state index >= 15 is 0 Å². The first-order valence-corrected chi connectivity index (χ1v) is 15.9. The zero-order valence-corrected chi connectivity index (χ0v) is 25.4. The molecule has 0 saturated carbocycles. The molecule has 7 aromatic carbocycles. The van der Waals surface area contributed by atoms with Crippen LogP contribution in [-0.4, -0.2) is 16.2 Å². The van der Waals surface area contributed by atoms with Crippen molar-refractivity contribution in [2.45, 2.75) is 0 Å². The summed E-state index contributed by atoms with van der Waals surface area (Å²) in [5, 5.41) is 5.04. The minimum atomic E-state index is 1.17. The van der Waals surface area contributed by atoms with Gasteiger partial charge in [0.2, 0.25) is 0 Å². The maximum absolute atomic E-state index is 2.45. The number of fused-ring (bicyclic) bond motifs is 12. The van der Waals surface area contributed by atoms with Gasteiger partial charge in [-0.1, -0.05) is 103 Å². The molecule has 3 heteroatoms. The van der Waals surface area contributed by atoms with Crippen LogP contribution >= 0.6 is 0 Å². The van der Waals surface area contributed by atoms with Crippen molar-refractivity contribution in [3.05, 3.63) is 158 Å². The number of aromatic nitrogens is 2. The van der Waals surface area contributed by atoms with E-state index in [4.69, 9.17) is 0 Å². The summed E-state index contributed by atoms with van der Waals surface area (Å²) in [5.41, 5.74) is 14.6. The van der Waals surface area contributed by atoms with Crippen molar-refractivity contribution in [1.82, 2.24) is 9.13 Å². The molecule has 0 unspecified atom stereocenters. The van der Waals surface area contributed by atoms with Gasteiger partial charge in [0.1, 0.15) is 0 Å². The van der Waals surface area contributed by atoms with Crippen molar-refractivity contribution in [2.24, 2.45) is 0 Å². The van der Waals surface area contributed by atoms with Crippen molar-refractivity contribution >= 4 is 55.0 Å². The Kier molecular flexibility index (Phi) is 5.20. The predicted octanol–water partition coefficient (Wildman–Crippen LogP) is 11.3. The van der Waals surface area contributed by atoms with Crippen molar-refractivity contribution in [1.29, 1.82) is 0 Å². The third kappa shape index (κ3) is 3.37. The molecule has 1 aliphatic heterocycles. The molecule has 0 fully saturated rings. The van der Waals surface area contributed by atoms with Crippen LogP contribution in [0.1, 0.15) is 0 Å². The van der Waals surface area contributed by atoms with E-state index in [1.54, 1.807) is 0 Å². The van der Waals surface area contributed by atoms with Gasteiger partial charge < -0.3 is 14.0 Å². The lowest BCUT2D eigenvalue weighted by Gasteiger charge is -2.24. The van der Waals surface area contributed by atoms with Gasteiger partial charge in [-0.3, -0.25) is 0 Å². The van der Waals surface area contributed by atoms with Gasteiger partial charge in [-0.15, -0.1) is 0 Å². The standard InChI is InChI=1S/C43H29N3/c1-44-40-26-36-32-20-10-12-22-37(32)46(29-16-6-3-7-17-29)41(36)27-35(40)31-19-9-8-18-30(31)33-24-25-39-42(43(33)44)34-21-11-13-23-38(34)45(39)28-14-4-2-5-15-28/h2-27H,1H3. The van der Waals surface area contributed by atoms with Gasteiger partial charge in [0.25, 0.3) is 0 Å². The molecule has 3 heterocycles. The summed E-state index contributed by atoms with van der Waals surface area (Å²) in [6.45, 7) is 0. The maximum atomic E-state index is 2.45. The molecular weight excluding hydrogens is 558 g/mol. The van der Waals surface area contributed by atoms with Gasteiger partial charge >= 0.3 is 0 Å². The van der Waals surface area contributed by atoms with Gasteiger partial charge in [-0.2, -0.15) is 0 Å². The third-order valence-electron chi connectivity index (χ3n) is 9.83. The van der Waals surface area contributed by atoms with Crippen LogP contribution in [0, 0.1) is 0 Å². The molecule has 1 aliphatic rings. The normalized spacial score (nSPS) is 12.4. The number of benzene rings is 7. The summed E-state index contributed by atoms with van der Waals surface area (Å²) >= 11 is 0. The van der Waals surface area contributed by atoms with Crippen LogP contribution in [0.3, 0.4) is 0 Å². The van der Waals surface area contributed by atoms with Crippen LogP contribution in [0.15, 0.2) is 158 Å². The van der Waals surface area contributed by atoms with Crippen molar-refractivity contribution in [2.75, 3.05) is 11.9 Å². The highest BCUT2D eigenvalue weighted by Crippen LogP contribution is 2.53. The highest BCUT2D eigenvalue weighted by Gasteiger charge is 2.28. The molecule has 46 heavy (non-hydrogen) atoms. The van der Waals surface area contributed by atoms with E-state index in [0.717, 1.165) is 0 Å². The number of para-hydroxylation sites is 4. The van der Waals surface area contributed by atoms with E-state index in [1.165, 1.54) is 88.6 Å². The fourth-order valence-electron chi connectivity index (χ4n) is 7.89. The summed E-state index contributed by atoms with van der Waals surface area (Å²) in [6.07, 6.45) is 0. The number of nitrogens with zero attached hydrogens (tertiary/aromatic N) is 3. The summed E-state index contributed by atoms with van der Waals surface area (Å²) in [6, 6.07) is 57.5. The monoisotopic (exact) mass is 587 g/mol. The molecule has 0 spiro atoms. The molecule has 0 saturated heterocycles. The first-order chi connectivity index (χ1) is 22.8. The van der Waals surface area contributed by atoms with Gasteiger partial charge in [-0.25, -0.2) is 0 Å². The van der Waals surface area contributed by atoms with E-state index in [9.17, 15) is 0 Å². The molecule has 0 aliphatic carbocycles. The fraction of sp³-hybridized carbons (Fsp3) is 0.0233. The largest absolute Gasteiger partial charge is 0.343 e. The second kappa shape index (κ2) is 9.47. The van der Waals surface area contributed by atoms with Crippen LogP contribution in [0.4, 0.5) is 11.4 Å². The number of hydrogen-bond acceptors (Lipinski definition) is 1. The molecule has 10 rings (SSSR count). The SMILES string of the molecule is CN1c2cc3c4ccccc4n(-c4ccccc4)c3cc2-c2ccccc2-c2ccc3c(c21)c1ccccc1n3-c1ccccc1. The second-order valence-electron chi connectivity index (χ2n) is 12.2. The van der Waals surface area contributed by atoms with Crippen molar-refractivity contribution in [3.63, 3.8) is 0 Å². The highest BCUT2D eigenvalue weighted by molar-refractivity contribution is 6.21. The Balaban J connectivity index is 1.35. The Morgan fingerprint density at radius 1 is 0.370 bits per heavy atom. The quantitative estimate of drug-likeness (QED) is 0.196. The van der Waals surface area contributed by atoms with Gasteiger partial charge in [-0.05, 0) is 65.7 Å². The Morgan fingerprint density at radius 2 is 0.913 bits per heavy atom. The number of anilines is 2. The Labute approximate surface area is 266 Å². The maximum Gasteiger partial charge on any atom is 0.0589 e. The molecule has 0 N–H and O–H groups in total. The summed E-state index contributed by atoms with van der Waals surface area (Å²) in [7, 11) is 2.25.